The van der Waals surface area contributed by atoms with E-state index in [2.05, 4.69) is 35.1 Å². The molecule has 1 N–H and O–H groups in total. The third-order valence-corrected chi connectivity index (χ3v) is 3.64. The maximum atomic E-state index is 13.9. The molecule has 1 aromatic carbocycles. The van der Waals surface area contributed by atoms with Gasteiger partial charge in [0.25, 0.3) is 0 Å². The second-order valence-electron chi connectivity index (χ2n) is 4.86. The lowest BCUT2D eigenvalue weighted by Crippen LogP contribution is -2.30. The molecular formula is C14H20BrF2N. The highest BCUT2D eigenvalue weighted by molar-refractivity contribution is 9.10. The monoisotopic (exact) mass is 319 g/mol. The molecule has 4 heteroatoms. The molecule has 0 radical (unpaired) electrons. The molecular weight excluding hydrogens is 300 g/mol. The van der Waals surface area contributed by atoms with Gasteiger partial charge < -0.3 is 5.32 Å². The van der Waals surface area contributed by atoms with Crippen molar-refractivity contribution in [2.24, 2.45) is 5.92 Å². The van der Waals surface area contributed by atoms with Crippen LogP contribution in [0.1, 0.15) is 32.8 Å². The van der Waals surface area contributed by atoms with Crippen molar-refractivity contribution < 1.29 is 8.78 Å². The Morgan fingerprint density at radius 3 is 2.50 bits per heavy atom. The summed E-state index contributed by atoms with van der Waals surface area (Å²) in [5.41, 5.74) is 0.182. The molecule has 0 aromatic heterocycles. The van der Waals surface area contributed by atoms with Crippen molar-refractivity contribution in [1.29, 1.82) is 0 Å². The predicted molar refractivity (Wildman–Crippen MR) is 74.7 cm³/mol. The van der Waals surface area contributed by atoms with Gasteiger partial charge >= 0.3 is 0 Å². The highest BCUT2D eigenvalue weighted by atomic mass is 79.9. The lowest BCUT2D eigenvalue weighted by molar-refractivity contribution is 0.420. The van der Waals surface area contributed by atoms with Crippen molar-refractivity contribution in [3.05, 3.63) is 33.8 Å². The van der Waals surface area contributed by atoms with Gasteiger partial charge in [0.1, 0.15) is 11.6 Å². The molecule has 102 valence electrons. The first-order valence-corrected chi connectivity index (χ1v) is 7.10. The van der Waals surface area contributed by atoms with E-state index in [9.17, 15) is 8.78 Å². The van der Waals surface area contributed by atoms with Crippen LogP contribution in [-0.2, 0) is 6.42 Å². The third-order valence-electron chi connectivity index (χ3n) is 3.02. The highest BCUT2D eigenvalue weighted by Gasteiger charge is 2.17. The molecule has 0 fully saturated rings. The molecule has 0 spiro atoms. The van der Waals surface area contributed by atoms with E-state index in [1.54, 1.807) is 0 Å². The Morgan fingerprint density at radius 1 is 1.28 bits per heavy atom. The Kier molecular flexibility index (Phi) is 6.22. The smallest absolute Gasteiger partial charge is 0.143 e. The fraction of sp³-hybridized carbons (Fsp3) is 0.571. The predicted octanol–water partition coefficient (Wildman–Crippen LogP) is 4.29. The van der Waals surface area contributed by atoms with Gasteiger partial charge in [0, 0.05) is 11.6 Å². The Balaban J connectivity index is 2.78. The SMILES string of the molecule is CCC(CNC(C)C)Cc1c(F)ccc(Br)c1F. The minimum atomic E-state index is -0.474. The maximum absolute atomic E-state index is 13.9. The molecule has 0 aliphatic heterocycles. The van der Waals surface area contributed by atoms with Gasteiger partial charge in [-0.2, -0.15) is 0 Å². The van der Waals surface area contributed by atoms with Crippen LogP contribution >= 0.6 is 15.9 Å². The van der Waals surface area contributed by atoms with Crippen molar-refractivity contribution in [3.63, 3.8) is 0 Å². The van der Waals surface area contributed by atoms with E-state index in [0.717, 1.165) is 13.0 Å². The summed E-state index contributed by atoms with van der Waals surface area (Å²) in [5, 5.41) is 3.31. The second kappa shape index (κ2) is 7.19. The number of hydrogen-bond donors (Lipinski definition) is 1. The summed E-state index contributed by atoms with van der Waals surface area (Å²) in [6.07, 6.45) is 1.32. The van der Waals surface area contributed by atoms with E-state index in [-0.39, 0.29) is 11.5 Å². The van der Waals surface area contributed by atoms with Crippen molar-refractivity contribution >= 4 is 15.9 Å². The summed E-state index contributed by atoms with van der Waals surface area (Å²) in [5.74, 6) is -0.692. The summed E-state index contributed by atoms with van der Waals surface area (Å²) in [4.78, 5) is 0. The molecule has 0 aliphatic rings. The van der Waals surface area contributed by atoms with E-state index in [1.165, 1.54) is 12.1 Å². The number of nitrogens with one attached hydrogen (secondary N) is 1. The Bertz CT molecular complexity index is 394. The zero-order valence-electron chi connectivity index (χ0n) is 11.1. The van der Waals surface area contributed by atoms with Gasteiger partial charge in [-0.15, -0.1) is 0 Å². The van der Waals surface area contributed by atoms with Crippen LogP contribution in [0, 0.1) is 17.6 Å². The summed E-state index contributed by atoms with van der Waals surface area (Å²) < 4.78 is 27.8. The molecule has 0 saturated carbocycles. The fourth-order valence-corrected chi connectivity index (χ4v) is 2.18. The molecule has 0 saturated heterocycles. The first-order chi connectivity index (χ1) is 8.45. The molecule has 1 nitrogen and oxygen atoms in total. The highest BCUT2D eigenvalue weighted by Crippen LogP contribution is 2.24. The molecule has 0 heterocycles. The standard InChI is InChI=1S/C14H20BrF2N/c1-4-10(8-18-9(2)3)7-11-13(16)6-5-12(15)14(11)17/h5-6,9-10,18H,4,7-8H2,1-3H3. The average Bonchev–Trinajstić information content (AvgIpc) is 2.33. The third kappa shape index (κ3) is 4.32. The molecule has 0 aliphatic carbocycles. The van der Waals surface area contributed by atoms with E-state index in [1.807, 2.05) is 6.92 Å². The second-order valence-corrected chi connectivity index (χ2v) is 5.72. The molecule has 1 atom stereocenters. The van der Waals surface area contributed by atoms with E-state index in [0.29, 0.717) is 16.9 Å². The summed E-state index contributed by atoms with van der Waals surface area (Å²) in [7, 11) is 0. The van der Waals surface area contributed by atoms with E-state index >= 15 is 0 Å². The van der Waals surface area contributed by atoms with Crippen molar-refractivity contribution in [1.82, 2.24) is 5.32 Å². The largest absolute Gasteiger partial charge is 0.314 e. The topological polar surface area (TPSA) is 12.0 Å². The van der Waals surface area contributed by atoms with Crippen LogP contribution in [0.25, 0.3) is 0 Å². The Morgan fingerprint density at radius 2 is 1.94 bits per heavy atom. The minimum Gasteiger partial charge on any atom is -0.314 e. The van der Waals surface area contributed by atoms with Crippen LogP contribution < -0.4 is 5.32 Å². The number of benzene rings is 1. The van der Waals surface area contributed by atoms with Gasteiger partial charge in [0.15, 0.2) is 0 Å². The zero-order valence-corrected chi connectivity index (χ0v) is 12.7. The first kappa shape index (κ1) is 15.6. The number of rotatable bonds is 6. The molecule has 1 aromatic rings. The lowest BCUT2D eigenvalue weighted by atomic mass is 9.96. The van der Waals surface area contributed by atoms with Gasteiger partial charge in [-0.05, 0) is 46.9 Å². The molecule has 18 heavy (non-hydrogen) atoms. The Hall–Kier alpha value is -0.480. The summed E-state index contributed by atoms with van der Waals surface area (Å²) in [6.45, 7) is 6.94. The Labute approximate surface area is 116 Å². The van der Waals surface area contributed by atoms with Crippen molar-refractivity contribution in [2.75, 3.05) is 6.54 Å². The molecule has 0 amide bonds. The fourth-order valence-electron chi connectivity index (χ4n) is 1.81. The molecule has 0 bridgehead atoms. The van der Waals surface area contributed by atoms with Gasteiger partial charge in [-0.25, -0.2) is 8.78 Å². The number of halogens is 3. The van der Waals surface area contributed by atoms with Gasteiger partial charge in [-0.1, -0.05) is 27.2 Å². The average molecular weight is 320 g/mol. The van der Waals surface area contributed by atoms with Crippen molar-refractivity contribution in [3.8, 4) is 0 Å². The van der Waals surface area contributed by atoms with Crippen LogP contribution in [0.15, 0.2) is 16.6 Å². The minimum absolute atomic E-state index is 0.182. The van der Waals surface area contributed by atoms with Crippen LogP contribution in [0.4, 0.5) is 8.78 Å². The normalized spacial score (nSPS) is 13.1. The summed E-state index contributed by atoms with van der Waals surface area (Å²) >= 11 is 3.10. The van der Waals surface area contributed by atoms with Crippen LogP contribution in [-0.4, -0.2) is 12.6 Å². The quantitative estimate of drug-likeness (QED) is 0.771. The van der Waals surface area contributed by atoms with Gasteiger partial charge in [-0.3, -0.25) is 0 Å². The van der Waals surface area contributed by atoms with Crippen LogP contribution in [0.2, 0.25) is 0 Å². The maximum Gasteiger partial charge on any atom is 0.143 e. The summed E-state index contributed by atoms with van der Waals surface area (Å²) in [6, 6.07) is 3.10. The van der Waals surface area contributed by atoms with Gasteiger partial charge in [0.05, 0.1) is 4.47 Å². The van der Waals surface area contributed by atoms with E-state index < -0.39 is 11.6 Å². The van der Waals surface area contributed by atoms with Gasteiger partial charge in [0.2, 0.25) is 0 Å². The van der Waals surface area contributed by atoms with E-state index in [4.69, 9.17) is 0 Å². The first-order valence-electron chi connectivity index (χ1n) is 6.31. The molecule has 1 unspecified atom stereocenters. The van der Waals surface area contributed by atoms with Crippen LogP contribution in [0.5, 0.6) is 0 Å². The zero-order chi connectivity index (χ0) is 13.7. The number of hydrogen-bond acceptors (Lipinski definition) is 1. The van der Waals surface area contributed by atoms with Crippen molar-refractivity contribution in [2.45, 2.75) is 39.7 Å². The molecule has 1 rings (SSSR count). The van der Waals surface area contributed by atoms with Crippen LogP contribution in [0.3, 0.4) is 0 Å². The lowest BCUT2D eigenvalue weighted by Gasteiger charge is -2.18.